The molecule has 0 bridgehead atoms. The van der Waals surface area contributed by atoms with Gasteiger partial charge in [0.25, 0.3) is 0 Å². The molecule has 2 N–H and O–H groups in total. The van der Waals surface area contributed by atoms with Crippen LogP contribution in [0, 0.1) is 6.92 Å². The number of rotatable bonds is 3. The number of benzene rings is 1. The standard InChI is InChI=1S/C16H26N2O/c1-12-7-5-6-8-14(12)15(17)10-18-9-13(2)19-16(3,4)11-18/h5-8,13,15H,9-11,17H2,1-4H3. The first-order chi connectivity index (χ1) is 8.87. The fourth-order valence-corrected chi connectivity index (χ4v) is 3.10. The van der Waals surface area contributed by atoms with Gasteiger partial charge in [-0.25, -0.2) is 0 Å². The molecule has 0 radical (unpaired) electrons. The summed E-state index contributed by atoms with van der Waals surface area (Å²) >= 11 is 0. The van der Waals surface area contributed by atoms with Crippen molar-refractivity contribution < 1.29 is 4.74 Å². The molecule has 3 heteroatoms. The van der Waals surface area contributed by atoms with Gasteiger partial charge in [-0.15, -0.1) is 0 Å². The molecule has 19 heavy (non-hydrogen) atoms. The molecule has 2 unspecified atom stereocenters. The van der Waals surface area contributed by atoms with Crippen LogP contribution in [0.5, 0.6) is 0 Å². The Morgan fingerprint density at radius 1 is 1.42 bits per heavy atom. The summed E-state index contributed by atoms with van der Waals surface area (Å²) < 4.78 is 5.93. The highest BCUT2D eigenvalue weighted by atomic mass is 16.5. The first-order valence-electron chi connectivity index (χ1n) is 7.09. The summed E-state index contributed by atoms with van der Waals surface area (Å²) in [5, 5.41) is 0. The lowest BCUT2D eigenvalue weighted by Gasteiger charge is -2.42. The number of ether oxygens (including phenoxy) is 1. The molecule has 0 amide bonds. The highest BCUT2D eigenvalue weighted by molar-refractivity contribution is 5.28. The summed E-state index contributed by atoms with van der Waals surface area (Å²) in [6.07, 6.45) is 0.271. The van der Waals surface area contributed by atoms with E-state index in [0.29, 0.717) is 0 Å². The second-order valence-corrected chi connectivity index (χ2v) is 6.35. The van der Waals surface area contributed by atoms with Gasteiger partial charge in [0.2, 0.25) is 0 Å². The number of morpholine rings is 1. The molecule has 1 aliphatic rings. The quantitative estimate of drug-likeness (QED) is 0.909. The summed E-state index contributed by atoms with van der Waals surface area (Å²) in [7, 11) is 0. The summed E-state index contributed by atoms with van der Waals surface area (Å²) in [6, 6.07) is 8.46. The molecular weight excluding hydrogens is 236 g/mol. The summed E-state index contributed by atoms with van der Waals surface area (Å²) in [6.45, 7) is 11.3. The predicted octanol–water partition coefficient (Wildman–Crippen LogP) is 2.49. The Morgan fingerprint density at radius 3 is 2.74 bits per heavy atom. The van der Waals surface area contributed by atoms with Crippen LogP contribution < -0.4 is 5.73 Å². The molecule has 106 valence electrons. The lowest BCUT2D eigenvalue weighted by molar-refractivity contribution is -0.129. The van der Waals surface area contributed by atoms with Crippen molar-refractivity contribution in [2.75, 3.05) is 19.6 Å². The fraction of sp³-hybridized carbons (Fsp3) is 0.625. The van der Waals surface area contributed by atoms with Gasteiger partial charge in [0, 0.05) is 25.7 Å². The van der Waals surface area contributed by atoms with E-state index < -0.39 is 0 Å². The van der Waals surface area contributed by atoms with Crippen LogP contribution in [0.2, 0.25) is 0 Å². The molecule has 0 aliphatic carbocycles. The Hall–Kier alpha value is -0.900. The van der Waals surface area contributed by atoms with Gasteiger partial charge < -0.3 is 10.5 Å². The van der Waals surface area contributed by atoms with Crippen LogP contribution in [0.1, 0.15) is 37.9 Å². The zero-order valence-corrected chi connectivity index (χ0v) is 12.5. The summed E-state index contributed by atoms with van der Waals surface area (Å²) in [5.41, 5.74) is 8.82. The van der Waals surface area contributed by atoms with Crippen molar-refractivity contribution in [3.63, 3.8) is 0 Å². The van der Waals surface area contributed by atoms with Crippen LogP contribution in [0.25, 0.3) is 0 Å². The third-order valence-electron chi connectivity index (χ3n) is 3.68. The van der Waals surface area contributed by atoms with E-state index in [1.54, 1.807) is 0 Å². The second kappa shape index (κ2) is 5.61. The van der Waals surface area contributed by atoms with Gasteiger partial charge in [-0.1, -0.05) is 24.3 Å². The molecule has 0 saturated carbocycles. The average Bonchev–Trinajstić information content (AvgIpc) is 2.26. The highest BCUT2D eigenvalue weighted by Crippen LogP contribution is 2.23. The Kier molecular flexibility index (Phi) is 4.29. The van der Waals surface area contributed by atoms with Crippen LogP contribution in [0.4, 0.5) is 0 Å². The molecule has 3 nitrogen and oxygen atoms in total. The van der Waals surface area contributed by atoms with Gasteiger partial charge in [-0.2, -0.15) is 0 Å². The van der Waals surface area contributed by atoms with Crippen molar-refractivity contribution >= 4 is 0 Å². The molecule has 2 rings (SSSR count). The minimum Gasteiger partial charge on any atom is -0.370 e. The minimum atomic E-state index is -0.0802. The lowest BCUT2D eigenvalue weighted by Crippen LogP contribution is -2.53. The molecule has 1 aliphatic heterocycles. The van der Waals surface area contributed by atoms with Crippen molar-refractivity contribution in [3.8, 4) is 0 Å². The number of aryl methyl sites for hydroxylation is 1. The van der Waals surface area contributed by atoms with E-state index in [4.69, 9.17) is 10.5 Å². The highest BCUT2D eigenvalue weighted by Gasteiger charge is 2.31. The van der Waals surface area contributed by atoms with Gasteiger partial charge in [0.1, 0.15) is 0 Å². The monoisotopic (exact) mass is 262 g/mol. The molecule has 1 fully saturated rings. The molecule has 0 spiro atoms. The van der Waals surface area contributed by atoms with E-state index in [1.807, 2.05) is 0 Å². The second-order valence-electron chi connectivity index (χ2n) is 6.35. The molecule has 1 aromatic carbocycles. The van der Waals surface area contributed by atoms with Gasteiger partial charge in [0.15, 0.2) is 0 Å². The van der Waals surface area contributed by atoms with Crippen molar-refractivity contribution in [2.45, 2.75) is 45.4 Å². The fourth-order valence-electron chi connectivity index (χ4n) is 3.10. The van der Waals surface area contributed by atoms with Crippen molar-refractivity contribution in [1.82, 2.24) is 4.90 Å². The zero-order chi connectivity index (χ0) is 14.0. The average molecular weight is 262 g/mol. The SMILES string of the molecule is Cc1ccccc1C(N)CN1CC(C)OC(C)(C)C1. The van der Waals surface area contributed by atoms with Crippen LogP contribution in [-0.2, 0) is 4.74 Å². The van der Waals surface area contributed by atoms with Crippen molar-refractivity contribution in [1.29, 1.82) is 0 Å². The summed E-state index contributed by atoms with van der Waals surface area (Å²) in [4.78, 5) is 2.42. The number of hydrogen-bond acceptors (Lipinski definition) is 3. The third-order valence-corrected chi connectivity index (χ3v) is 3.68. The normalized spacial score (nSPS) is 25.2. The molecule has 1 aromatic rings. The van der Waals surface area contributed by atoms with E-state index in [-0.39, 0.29) is 17.7 Å². The Bertz CT molecular complexity index is 431. The van der Waals surface area contributed by atoms with Gasteiger partial charge >= 0.3 is 0 Å². The van der Waals surface area contributed by atoms with E-state index in [1.165, 1.54) is 11.1 Å². The van der Waals surface area contributed by atoms with E-state index in [9.17, 15) is 0 Å². The van der Waals surface area contributed by atoms with E-state index in [2.05, 4.69) is 56.9 Å². The molecule has 2 atom stereocenters. The van der Waals surface area contributed by atoms with Gasteiger partial charge in [0.05, 0.1) is 11.7 Å². The molecule has 1 saturated heterocycles. The van der Waals surface area contributed by atoms with Gasteiger partial charge in [-0.3, -0.25) is 4.90 Å². The number of nitrogens with zero attached hydrogens (tertiary/aromatic N) is 1. The Labute approximate surface area is 116 Å². The maximum atomic E-state index is 6.38. The Morgan fingerprint density at radius 2 is 2.11 bits per heavy atom. The topological polar surface area (TPSA) is 38.5 Å². The van der Waals surface area contributed by atoms with Gasteiger partial charge in [-0.05, 0) is 38.8 Å². The van der Waals surface area contributed by atoms with Crippen LogP contribution in [0.3, 0.4) is 0 Å². The maximum Gasteiger partial charge on any atom is 0.0757 e. The first-order valence-corrected chi connectivity index (χ1v) is 7.09. The first kappa shape index (κ1) is 14.5. The third kappa shape index (κ3) is 3.78. The molecule has 0 aromatic heterocycles. The zero-order valence-electron chi connectivity index (χ0n) is 12.5. The lowest BCUT2D eigenvalue weighted by atomic mass is 9.99. The number of hydrogen-bond donors (Lipinski definition) is 1. The van der Waals surface area contributed by atoms with E-state index in [0.717, 1.165) is 19.6 Å². The largest absolute Gasteiger partial charge is 0.370 e. The van der Waals surface area contributed by atoms with Crippen molar-refractivity contribution in [3.05, 3.63) is 35.4 Å². The van der Waals surface area contributed by atoms with Crippen molar-refractivity contribution in [2.24, 2.45) is 5.73 Å². The number of nitrogens with two attached hydrogens (primary N) is 1. The summed E-state index contributed by atoms with van der Waals surface area (Å²) in [5.74, 6) is 0. The maximum absolute atomic E-state index is 6.38. The van der Waals surface area contributed by atoms with Crippen LogP contribution in [0.15, 0.2) is 24.3 Å². The molecular formula is C16H26N2O. The van der Waals surface area contributed by atoms with Crippen LogP contribution in [-0.4, -0.2) is 36.2 Å². The van der Waals surface area contributed by atoms with E-state index >= 15 is 0 Å². The predicted molar refractivity (Wildman–Crippen MR) is 79.2 cm³/mol. The minimum absolute atomic E-state index is 0.0716. The molecule has 1 heterocycles. The smallest absolute Gasteiger partial charge is 0.0757 e. The Balaban J connectivity index is 2.03. The van der Waals surface area contributed by atoms with Crippen LogP contribution >= 0.6 is 0 Å².